The third-order valence-corrected chi connectivity index (χ3v) is 2.75. The number of hydrogen-bond donors (Lipinski definition) is 1. The highest BCUT2D eigenvalue weighted by Gasteiger charge is 2.28. The molecule has 3 nitrogen and oxygen atoms in total. The lowest BCUT2D eigenvalue weighted by atomic mass is 9.96. The van der Waals surface area contributed by atoms with E-state index >= 15 is 0 Å². The minimum atomic E-state index is -0.0890. The van der Waals surface area contributed by atoms with Crippen molar-refractivity contribution in [1.82, 2.24) is 0 Å². The molecule has 2 aliphatic carbocycles. The van der Waals surface area contributed by atoms with Gasteiger partial charge in [-0.05, 0) is 25.7 Å². The van der Waals surface area contributed by atoms with Crippen LogP contribution in [0.3, 0.4) is 0 Å². The van der Waals surface area contributed by atoms with Crippen molar-refractivity contribution in [2.24, 2.45) is 11.7 Å². The van der Waals surface area contributed by atoms with Gasteiger partial charge < -0.3 is 10.5 Å². The molecule has 2 N–H and O–H groups in total. The number of ether oxygens (including phenoxy) is 1. The molecule has 2 atom stereocenters. The Kier molecular flexibility index (Phi) is 2.36. The summed E-state index contributed by atoms with van der Waals surface area (Å²) in [5.74, 6) is -0.176. The van der Waals surface area contributed by atoms with Crippen LogP contribution in [-0.4, -0.2) is 18.1 Å². The van der Waals surface area contributed by atoms with Crippen LogP contribution in [0.25, 0.3) is 0 Å². The van der Waals surface area contributed by atoms with Gasteiger partial charge in [-0.25, -0.2) is 0 Å². The summed E-state index contributed by atoms with van der Waals surface area (Å²) < 4.78 is 5.27. The Morgan fingerprint density at radius 2 is 2.15 bits per heavy atom. The Balaban J connectivity index is 1.80. The molecule has 0 aromatic heterocycles. The van der Waals surface area contributed by atoms with Crippen molar-refractivity contribution in [1.29, 1.82) is 0 Å². The van der Waals surface area contributed by atoms with Crippen molar-refractivity contribution < 1.29 is 9.53 Å². The molecule has 0 saturated heterocycles. The van der Waals surface area contributed by atoms with Crippen molar-refractivity contribution in [3.8, 4) is 0 Å². The molecule has 0 radical (unpaired) electrons. The number of hydrogen-bond acceptors (Lipinski definition) is 3. The van der Waals surface area contributed by atoms with Crippen LogP contribution < -0.4 is 5.73 Å². The standard InChI is InChI=1S/C10H15NO2/c11-8-5-4-7(6-8)10(12)13-9-2-1-3-9/h4-5,7-9H,1-3,6,11H2. The van der Waals surface area contributed by atoms with E-state index in [0.717, 1.165) is 12.8 Å². The largest absolute Gasteiger partial charge is 0.462 e. The van der Waals surface area contributed by atoms with E-state index in [2.05, 4.69) is 0 Å². The van der Waals surface area contributed by atoms with E-state index in [0.29, 0.717) is 6.42 Å². The van der Waals surface area contributed by atoms with Crippen LogP contribution in [-0.2, 0) is 9.53 Å². The predicted molar refractivity (Wildman–Crippen MR) is 49.0 cm³/mol. The molecule has 0 amide bonds. The van der Waals surface area contributed by atoms with Crippen molar-refractivity contribution in [3.05, 3.63) is 12.2 Å². The van der Waals surface area contributed by atoms with Gasteiger partial charge in [-0.2, -0.15) is 0 Å². The van der Waals surface area contributed by atoms with Crippen molar-refractivity contribution >= 4 is 5.97 Å². The molecule has 13 heavy (non-hydrogen) atoms. The highest BCUT2D eigenvalue weighted by Crippen LogP contribution is 2.25. The quantitative estimate of drug-likeness (QED) is 0.510. The monoisotopic (exact) mass is 181 g/mol. The summed E-state index contributed by atoms with van der Waals surface area (Å²) in [7, 11) is 0. The van der Waals surface area contributed by atoms with E-state index in [-0.39, 0.29) is 24.0 Å². The second-order valence-corrected chi connectivity index (χ2v) is 3.88. The van der Waals surface area contributed by atoms with Crippen LogP contribution in [0.1, 0.15) is 25.7 Å². The Hall–Kier alpha value is -0.830. The van der Waals surface area contributed by atoms with Crippen LogP contribution in [0.2, 0.25) is 0 Å². The molecule has 2 unspecified atom stereocenters. The van der Waals surface area contributed by atoms with E-state index in [9.17, 15) is 4.79 Å². The predicted octanol–water partition coefficient (Wildman–Crippen LogP) is 0.985. The van der Waals surface area contributed by atoms with Gasteiger partial charge in [-0.1, -0.05) is 12.2 Å². The van der Waals surface area contributed by atoms with Gasteiger partial charge in [0, 0.05) is 6.04 Å². The second kappa shape index (κ2) is 3.50. The third-order valence-electron chi connectivity index (χ3n) is 2.75. The van der Waals surface area contributed by atoms with Gasteiger partial charge >= 0.3 is 5.97 Å². The highest BCUT2D eigenvalue weighted by molar-refractivity contribution is 5.75. The number of esters is 1. The maximum atomic E-state index is 11.5. The Morgan fingerprint density at radius 3 is 2.62 bits per heavy atom. The highest BCUT2D eigenvalue weighted by atomic mass is 16.5. The van der Waals surface area contributed by atoms with Gasteiger partial charge in [0.15, 0.2) is 0 Å². The van der Waals surface area contributed by atoms with Gasteiger partial charge in [0.25, 0.3) is 0 Å². The molecule has 0 aromatic carbocycles. The zero-order chi connectivity index (χ0) is 9.26. The Morgan fingerprint density at radius 1 is 1.38 bits per heavy atom. The normalized spacial score (nSPS) is 33.0. The fourth-order valence-electron chi connectivity index (χ4n) is 1.64. The van der Waals surface area contributed by atoms with E-state index in [4.69, 9.17) is 10.5 Å². The van der Waals surface area contributed by atoms with Crippen LogP contribution in [0.15, 0.2) is 12.2 Å². The second-order valence-electron chi connectivity index (χ2n) is 3.88. The number of carbonyl (C=O) groups excluding carboxylic acids is 1. The van der Waals surface area contributed by atoms with Gasteiger partial charge in [0.1, 0.15) is 6.10 Å². The molecule has 0 spiro atoms. The lowest BCUT2D eigenvalue weighted by molar-refractivity contribution is -0.156. The molecule has 2 aliphatic rings. The average Bonchev–Trinajstić information content (AvgIpc) is 2.44. The third kappa shape index (κ3) is 1.91. The van der Waals surface area contributed by atoms with E-state index in [1.54, 1.807) is 0 Å². The molecular formula is C10H15NO2. The molecule has 1 fully saturated rings. The van der Waals surface area contributed by atoms with Gasteiger partial charge in [-0.15, -0.1) is 0 Å². The van der Waals surface area contributed by atoms with Crippen molar-refractivity contribution in [2.45, 2.75) is 37.8 Å². The Labute approximate surface area is 77.9 Å². The minimum Gasteiger partial charge on any atom is -0.462 e. The van der Waals surface area contributed by atoms with Gasteiger partial charge in [0.05, 0.1) is 5.92 Å². The Bertz CT molecular complexity index is 233. The van der Waals surface area contributed by atoms with Gasteiger partial charge in [-0.3, -0.25) is 4.79 Å². The molecule has 0 heterocycles. The van der Waals surface area contributed by atoms with Crippen LogP contribution in [0.4, 0.5) is 0 Å². The maximum absolute atomic E-state index is 11.5. The topological polar surface area (TPSA) is 52.3 Å². The molecule has 72 valence electrons. The minimum absolute atomic E-state index is 0.0407. The van der Waals surface area contributed by atoms with Crippen molar-refractivity contribution in [2.75, 3.05) is 0 Å². The number of carbonyl (C=O) groups is 1. The molecule has 0 aromatic rings. The molecule has 3 heteroatoms. The number of nitrogens with two attached hydrogens (primary N) is 1. The van der Waals surface area contributed by atoms with E-state index < -0.39 is 0 Å². The van der Waals surface area contributed by atoms with Gasteiger partial charge in [0.2, 0.25) is 0 Å². The van der Waals surface area contributed by atoms with Crippen LogP contribution in [0.5, 0.6) is 0 Å². The first kappa shape index (κ1) is 8.75. The molecule has 0 aliphatic heterocycles. The summed E-state index contributed by atoms with van der Waals surface area (Å²) in [4.78, 5) is 11.5. The van der Waals surface area contributed by atoms with Crippen molar-refractivity contribution in [3.63, 3.8) is 0 Å². The first-order chi connectivity index (χ1) is 6.25. The maximum Gasteiger partial charge on any atom is 0.313 e. The summed E-state index contributed by atoms with van der Waals surface area (Å²) in [5.41, 5.74) is 5.65. The lowest BCUT2D eigenvalue weighted by Gasteiger charge is -2.26. The lowest BCUT2D eigenvalue weighted by Crippen LogP contribution is -2.29. The molecular weight excluding hydrogens is 166 g/mol. The summed E-state index contributed by atoms with van der Waals surface area (Å²) in [5, 5.41) is 0. The zero-order valence-corrected chi connectivity index (χ0v) is 7.61. The average molecular weight is 181 g/mol. The fourth-order valence-corrected chi connectivity index (χ4v) is 1.64. The first-order valence-corrected chi connectivity index (χ1v) is 4.90. The summed E-state index contributed by atoms with van der Waals surface area (Å²) in [6.45, 7) is 0. The fraction of sp³-hybridized carbons (Fsp3) is 0.700. The van der Waals surface area contributed by atoms with E-state index in [1.807, 2.05) is 12.2 Å². The smallest absolute Gasteiger partial charge is 0.313 e. The zero-order valence-electron chi connectivity index (χ0n) is 7.61. The van der Waals surface area contributed by atoms with Crippen LogP contribution in [0, 0.1) is 5.92 Å². The summed E-state index contributed by atoms with van der Waals surface area (Å²) >= 11 is 0. The molecule has 1 saturated carbocycles. The molecule has 0 bridgehead atoms. The summed E-state index contributed by atoms with van der Waals surface area (Å²) in [6.07, 6.45) is 7.92. The molecule has 2 rings (SSSR count). The van der Waals surface area contributed by atoms with E-state index in [1.165, 1.54) is 6.42 Å². The SMILES string of the molecule is NC1C=CC(C(=O)OC2CCC2)C1. The van der Waals surface area contributed by atoms with Crippen LogP contribution >= 0.6 is 0 Å². The first-order valence-electron chi connectivity index (χ1n) is 4.90. The summed E-state index contributed by atoms with van der Waals surface area (Å²) in [6, 6.07) is 0.0407. The number of rotatable bonds is 2.